The molecule has 0 aromatic heterocycles. The Hall–Kier alpha value is -2.12. The fraction of sp³-hybridized carbons (Fsp3) is 0.882. The highest BCUT2D eigenvalue weighted by Gasteiger charge is 2.05. The summed E-state index contributed by atoms with van der Waals surface area (Å²) in [5, 5.41) is 0. The first-order valence-electron chi connectivity index (χ1n) is 17.0. The van der Waals surface area contributed by atoms with Gasteiger partial charge >= 0.3 is 23.9 Å². The normalized spacial score (nSPS) is 10.4. The van der Waals surface area contributed by atoms with Crippen LogP contribution in [0.3, 0.4) is 0 Å². The van der Waals surface area contributed by atoms with E-state index in [1.54, 1.807) is 0 Å². The topological polar surface area (TPSA) is 105 Å². The third kappa shape index (κ3) is 35.9. The molecule has 8 heteroatoms. The lowest BCUT2D eigenvalue weighted by atomic mass is 10.2. The van der Waals surface area contributed by atoms with Crippen LogP contribution in [0.1, 0.15) is 169 Å². The zero-order valence-corrected chi connectivity index (χ0v) is 27.7. The molecule has 42 heavy (non-hydrogen) atoms. The van der Waals surface area contributed by atoms with Gasteiger partial charge in [-0.15, -0.1) is 0 Å². The van der Waals surface area contributed by atoms with Crippen LogP contribution in [0.4, 0.5) is 0 Å². The van der Waals surface area contributed by atoms with E-state index in [0.29, 0.717) is 52.1 Å². The Kier molecular flexibility index (Phi) is 35.1. The SMILES string of the molecule is CCCCCC(=O)OCCCCCCOC(=O)CCCCC.CCCCCC(=O)OCCCCOC(=O)CCCCC. The summed E-state index contributed by atoms with van der Waals surface area (Å²) < 4.78 is 20.5. The Morgan fingerprint density at radius 2 is 0.524 bits per heavy atom. The van der Waals surface area contributed by atoms with Crippen molar-refractivity contribution < 1.29 is 38.1 Å². The van der Waals surface area contributed by atoms with E-state index in [1.165, 1.54) is 0 Å². The van der Waals surface area contributed by atoms with Gasteiger partial charge in [-0.05, 0) is 64.2 Å². The second-order valence-electron chi connectivity index (χ2n) is 10.8. The lowest BCUT2D eigenvalue weighted by molar-refractivity contribution is -0.146. The average Bonchev–Trinajstić information content (AvgIpc) is 2.97. The van der Waals surface area contributed by atoms with Crippen molar-refractivity contribution in [3.05, 3.63) is 0 Å². The molecule has 0 aliphatic rings. The molecular formula is C34H64O8. The molecule has 0 bridgehead atoms. The van der Waals surface area contributed by atoms with Gasteiger partial charge in [0, 0.05) is 25.7 Å². The summed E-state index contributed by atoms with van der Waals surface area (Å²) in [6.07, 6.45) is 19.9. The van der Waals surface area contributed by atoms with Crippen LogP contribution < -0.4 is 0 Å². The molecule has 0 heterocycles. The number of hydrogen-bond acceptors (Lipinski definition) is 8. The highest BCUT2D eigenvalue weighted by Crippen LogP contribution is 2.06. The molecule has 0 rings (SSSR count). The standard InChI is InChI=1S/C18H34O4.C16H30O4/c1-3-5-9-13-17(19)21-15-11-7-8-12-16-22-18(20)14-10-6-4-2;1-3-5-7-11-15(17)19-13-9-10-14-20-16(18)12-8-6-4-2/h3-16H2,1-2H3;3-14H2,1-2H3. The fourth-order valence-corrected chi connectivity index (χ4v) is 3.87. The Morgan fingerprint density at radius 1 is 0.310 bits per heavy atom. The number of unbranched alkanes of at least 4 members (excludes halogenated alkanes) is 12. The second-order valence-corrected chi connectivity index (χ2v) is 10.8. The van der Waals surface area contributed by atoms with Crippen molar-refractivity contribution in [2.24, 2.45) is 0 Å². The monoisotopic (exact) mass is 600 g/mol. The summed E-state index contributed by atoms with van der Waals surface area (Å²) in [4.78, 5) is 45.3. The zero-order valence-electron chi connectivity index (χ0n) is 27.7. The quantitative estimate of drug-likeness (QED) is 0.0498. The van der Waals surface area contributed by atoms with E-state index in [9.17, 15) is 19.2 Å². The molecule has 0 aliphatic heterocycles. The molecule has 0 aromatic carbocycles. The molecule has 0 fully saturated rings. The molecule has 0 aliphatic carbocycles. The minimum absolute atomic E-state index is 0.0746. The van der Waals surface area contributed by atoms with Gasteiger partial charge in [0.05, 0.1) is 26.4 Å². The van der Waals surface area contributed by atoms with Crippen molar-refractivity contribution in [2.75, 3.05) is 26.4 Å². The minimum Gasteiger partial charge on any atom is -0.466 e. The van der Waals surface area contributed by atoms with E-state index in [2.05, 4.69) is 27.7 Å². The van der Waals surface area contributed by atoms with Crippen molar-refractivity contribution in [1.82, 2.24) is 0 Å². The molecule has 248 valence electrons. The molecule has 0 radical (unpaired) electrons. The number of hydrogen-bond donors (Lipinski definition) is 0. The van der Waals surface area contributed by atoms with Gasteiger partial charge in [-0.3, -0.25) is 19.2 Å². The van der Waals surface area contributed by atoms with E-state index < -0.39 is 0 Å². The molecule has 0 saturated carbocycles. The van der Waals surface area contributed by atoms with Gasteiger partial charge in [0.2, 0.25) is 0 Å². The molecule has 0 unspecified atom stereocenters. The smallest absolute Gasteiger partial charge is 0.305 e. The van der Waals surface area contributed by atoms with Crippen LogP contribution in [0.15, 0.2) is 0 Å². The number of ether oxygens (including phenoxy) is 4. The molecular weight excluding hydrogens is 536 g/mol. The van der Waals surface area contributed by atoms with Gasteiger partial charge in [0.25, 0.3) is 0 Å². The largest absolute Gasteiger partial charge is 0.466 e. The summed E-state index contributed by atoms with van der Waals surface area (Å²) in [6.45, 7) is 10.3. The van der Waals surface area contributed by atoms with Crippen LogP contribution in [0.2, 0.25) is 0 Å². The molecule has 0 amide bonds. The van der Waals surface area contributed by atoms with Crippen LogP contribution in [0.25, 0.3) is 0 Å². The van der Waals surface area contributed by atoms with Crippen LogP contribution >= 0.6 is 0 Å². The third-order valence-electron chi connectivity index (χ3n) is 6.57. The molecule has 0 spiro atoms. The first-order valence-corrected chi connectivity index (χ1v) is 17.0. The van der Waals surface area contributed by atoms with Gasteiger partial charge in [0.1, 0.15) is 0 Å². The second kappa shape index (κ2) is 35.1. The van der Waals surface area contributed by atoms with Crippen molar-refractivity contribution in [2.45, 2.75) is 169 Å². The van der Waals surface area contributed by atoms with E-state index in [4.69, 9.17) is 18.9 Å². The predicted octanol–water partition coefficient (Wildman–Crippen LogP) is 8.81. The van der Waals surface area contributed by atoms with Gasteiger partial charge in [-0.1, -0.05) is 79.1 Å². The summed E-state index contributed by atoms with van der Waals surface area (Å²) >= 11 is 0. The van der Waals surface area contributed by atoms with Crippen LogP contribution in [-0.4, -0.2) is 50.3 Å². The maximum Gasteiger partial charge on any atom is 0.305 e. The van der Waals surface area contributed by atoms with E-state index >= 15 is 0 Å². The number of carbonyl (C=O) groups is 4. The van der Waals surface area contributed by atoms with Gasteiger partial charge < -0.3 is 18.9 Å². The summed E-state index contributed by atoms with van der Waals surface area (Å²) in [5.74, 6) is -0.381. The Morgan fingerprint density at radius 3 is 0.738 bits per heavy atom. The molecule has 0 aromatic rings. The van der Waals surface area contributed by atoms with E-state index in [1.807, 2.05) is 0 Å². The lowest BCUT2D eigenvalue weighted by Gasteiger charge is -2.06. The van der Waals surface area contributed by atoms with Gasteiger partial charge in [0.15, 0.2) is 0 Å². The summed E-state index contributed by atoms with van der Waals surface area (Å²) in [6, 6.07) is 0. The average molecular weight is 601 g/mol. The van der Waals surface area contributed by atoms with Crippen LogP contribution in [-0.2, 0) is 38.1 Å². The van der Waals surface area contributed by atoms with Crippen molar-refractivity contribution in [3.8, 4) is 0 Å². The Bertz CT molecular complexity index is 581. The highest BCUT2D eigenvalue weighted by atomic mass is 16.5. The van der Waals surface area contributed by atoms with Crippen LogP contribution in [0, 0.1) is 0 Å². The summed E-state index contributed by atoms with van der Waals surface area (Å²) in [5.41, 5.74) is 0. The highest BCUT2D eigenvalue weighted by molar-refractivity contribution is 5.70. The van der Waals surface area contributed by atoms with E-state index in [0.717, 1.165) is 116 Å². The molecule has 0 N–H and O–H groups in total. The number of esters is 4. The van der Waals surface area contributed by atoms with Crippen molar-refractivity contribution >= 4 is 23.9 Å². The minimum atomic E-state index is -0.116. The maximum atomic E-state index is 11.4. The molecule has 0 atom stereocenters. The first kappa shape index (κ1) is 42.0. The molecule has 0 saturated heterocycles. The first-order chi connectivity index (χ1) is 20.4. The summed E-state index contributed by atoms with van der Waals surface area (Å²) in [7, 11) is 0. The van der Waals surface area contributed by atoms with Crippen molar-refractivity contribution in [3.63, 3.8) is 0 Å². The number of rotatable bonds is 28. The fourth-order valence-electron chi connectivity index (χ4n) is 3.87. The van der Waals surface area contributed by atoms with Crippen LogP contribution in [0.5, 0.6) is 0 Å². The van der Waals surface area contributed by atoms with E-state index in [-0.39, 0.29) is 23.9 Å². The Labute approximate surface area is 257 Å². The lowest BCUT2D eigenvalue weighted by Crippen LogP contribution is -2.08. The van der Waals surface area contributed by atoms with Crippen molar-refractivity contribution in [1.29, 1.82) is 0 Å². The van der Waals surface area contributed by atoms with Gasteiger partial charge in [-0.2, -0.15) is 0 Å². The molecule has 8 nitrogen and oxygen atoms in total. The maximum absolute atomic E-state index is 11.4. The zero-order chi connectivity index (χ0) is 31.5. The van der Waals surface area contributed by atoms with Gasteiger partial charge in [-0.25, -0.2) is 0 Å². The third-order valence-corrected chi connectivity index (χ3v) is 6.57. The predicted molar refractivity (Wildman–Crippen MR) is 168 cm³/mol. The Balaban J connectivity index is 0. The number of carbonyl (C=O) groups excluding carboxylic acids is 4.